The molecule has 0 spiro atoms. The van der Waals surface area contributed by atoms with E-state index in [1.54, 1.807) is 0 Å². The first-order valence-electron chi connectivity index (χ1n) is 7.14. The van der Waals surface area contributed by atoms with Crippen molar-refractivity contribution < 1.29 is 9.53 Å². The molecule has 1 N–H and O–H groups in total. The fraction of sp³-hybridized carbons (Fsp3) is 0.933. The minimum atomic E-state index is -0.411. The zero-order valence-corrected chi connectivity index (χ0v) is 13.2. The molecule has 0 unspecified atom stereocenters. The van der Waals surface area contributed by atoms with Crippen LogP contribution in [0.3, 0.4) is 0 Å². The molecule has 0 amide bonds. The molecule has 0 rings (SSSR count). The smallest absolute Gasteiger partial charge is 0.323 e. The van der Waals surface area contributed by atoms with Gasteiger partial charge in [0.15, 0.2) is 0 Å². The molecule has 2 atom stereocenters. The maximum Gasteiger partial charge on any atom is 0.323 e. The van der Waals surface area contributed by atoms with Crippen molar-refractivity contribution in [2.75, 3.05) is 0 Å². The van der Waals surface area contributed by atoms with E-state index in [1.807, 2.05) is 20.8 Å². The topological polar surface area (TPSA) is 38.3 Å². The Bertz CT molecular complexity index is 243. The molecule has 0 saturated heterocycles. The van der Waals surface area contributed by atoms with Crippen LogP contribution in [-0.2, 0) is 9.53 Å². The van der Waals surface area contributed by atoms with Crippen molar-refractivity contribution in [3.63, 3.8) is 0 Å². The second-order valence-corrected chi connectivity index (χ2v) is 6.57. The summed E-state index contributed by atoms with van der Waals surface area (Å²) in [6.07, 6.45) is 2.88. The molecule has 0 aromatic rings. The summed E-state index contributed by atoms with van der Waals surface area (Å²) in [5.41, 5.74) is -0.411. The van der Waals surface area contributed by atoms with Gasteiger partial charge in [-0.2, -0.15) is 0 Å². The molecular formula is C15H31NO2. The Morgan fingerprint density at radius 3 is 2.17 bits per heavy atom. The quantitative estimate of drug-likeness (QED) is 0.709. The molecule has 0 heterocycles. The van der Waals surface area contributed by atoms with Crippen molar-refractivity contribution in [2.45, 2.75) is 85.4 Å². The highest BCUT2D eigenvalue weighted by atomic mass is 16.6. The van der Waals surface area contributed by atoms with Crippen LogP contribution in [0.25, 0.3) is 0 Å². The summed E-state index contributed by atoms with van der Waals surface area (Å²) in [6.45, 7) is 14.3. The summed E-state index contributed by atoms with van der Waals surface area (Å²) >= 11 is 0. The van der Waals surface area contributed by atoms with Gasteiger partial charge < -0.3 is 10.1 Å². The Balaban J connectivity index is 4.41. The number of carbonyl (C=O) groups is 1. The third-order valence-electron chi connectivity index (χ3n) is 2.58. The number of ether oxygens (including phenoxy) is 1. The molecule has 0 bridgehead atoms. The summed E-state index contributed by atoms with van der Waals surface area (Å²) in [7, 11) is 0. The first kappa shape index (κ1) is 17.4. The van der Waals surface area contributed by atoms with E-state index in [0.29, 0.717) is 12.0 Å². The van der Waals surface area contributed by atoms with Gasteiger partial charge in [0.25, 0.3) is 0 Å². The Labute approximate surface area is 113 Å². The molecule has 0 fully saturated rings. The summed E-state index contributed by atoms with van der Waals surface area (Å²) in [5, 5.41) is 3.40. The van der Waals surface area contributed by atoms with Gasteiger partial charge in [0.05, 0.1) is 0 Å². The van der Waals surface area contributed by atoms with E-state index in [2.05, 4.69) is 33.0 Å². The van der Waals surface area contributed by atoms with Crippen molar-refractivity contribution in [1.29, 1.82) is 0 Å². The zero-order valence-electron chi connectivity index (χ0n) is 13.2. The Morgan fingerprint density at radius 2 is 1.78 bits per heavy atom. The molecule has 0 aromatic carbocycles. The number of esters is 1. The maximum atomic E-state index is 12.1. The second-order valence-electron chi connectivity index (χ2n) is 6.57. The van der Waals surface area contributed by atoms with E-state index in [9.17, 15) is 4.79 Å². The van der Waals surface area contributed by atoms with Gasteiger partial charge in [-0.05, 0) is 46.5 Å². The SMILES string of the molecule is CCC[C@@H](N[C@@H](C)CC(C)C)C(=O)OC(C)(C)C. The predicted octanol–water partition coefficient (Wildman–Crippen LogP) is 3.52. The summed E-state index contributed by atoms with van der Waals surface area (Å²) in [6, 6.07) is 0.164. The third kappa shape index (κ3) is 8.51. The van der Waals surface area contributed by atoms with Crippen LogP contribution >= 0.6 is 0 Å². The van der Waals surface area contributed by atoms with Crippen LogP contribution in [0.5, 0.6) is 0 Å². The lowest BCUT2D eigenvalue weighted by atomic mass is 10.0. The van der Waals surface area contributed by atoms with Crippen molar-refractivity contribution in [3.8, 4) is 0 Å². The predicted molar refractivity (Wildman–Crippen MR) is 76.6 cm³/mol. The first-order chi connectivity index (χ1) is 8.15. The normalized spacial score (nSPS) is 15.6. The molecular weight excluding hydrogens is 226 g/mol. The maximum absolute atomic E-state index is 12.1. The summed E-state index contributed by atoms with van der Waals surface area (Å²) in [5.74, 6) is 0.508. The molecule has 0 aliphatic carbocycles. The molecule has 3 nitrogen and oxygen atoms in total. The van der Waals surface area contributed by atoms with Crippen LogP contribution in [0.1, 0.15) is 67.7 Å². The molecule has 108 valence electrons. The van der Waals surface area contributed by atoms with E-state index in [4.69, 9.17) is 4.74 Å². The lowest BCUT2D eigenvalue weighted by Gasteiger charge is -2.27. The second kappa shape index (κ2) is 7.78. The number of rotatable bonds is 7. The Morgan fingerprint density at radius 1 is 1.22 bits per heavy atom. The molecule has 0 aromatic heterocycles. The number of hydrogen-bond donors (Lipinski definition) is 1. The highest BCUT2D eigenvalue weighted by Gasteiger charge is 2.25. The van der Waals surface area contributed by atoms with E-state index < -0.39 is 5.60 Å². The van der Waals surface area contributed by atoms with Crippen LogP contribution < -0.4 is 5.32 Å². The highest BCUT2D eigenvalue weighted by Crippen LogP contribution is 2.12. The lowest BCUT2D eigenvalue weighted by molar-refractivity contribution is -0.158. The van der Waals surface area contributed by atoms with Gasteiger partial charge in [-0.15, -0.1) is 0 Å². The summed E-state index contributed by atoms with van der Waals surface area (Å²) in [4.78, 5) is 12.1. The lowest BCUT2D eigenvalue weighted by Crippen LogP contribution is -2.45. The summed E-state index contributed by atoms with van der Waals surface area (Å²) < 4.78 is 5.46. The van der Waals surface area contributed by atoms with Crippen molar-refractivity contribution in [1.82, 2.24) is 5.32 Å². The average molecular weight is 257 g/mol. The van der Waals surface area contributed by atoms with E-state index in [1.165, 1.54) is 0 Å². The van der Waals surface area contributed by atoms with Gasteiger partial charge in [0.1, 0.15) is 11.6 Å². The Hall–Kier alpha value is -0.570. The minimum absolute atomic E-state index is 0.125. The molecule has 0 aliphatic rings. The monoisotopic (exact) mass is 257 g/mol. The van der Waals surface area contributed by atoms with E-state index in [0.717, 1.165) is 19.3 Å². The third-order valence-corrected chi connectivity index (χ3v) is 2.58. The highest BCUT2D eigenvalue weighted by molar-refractivity contribution is 5.76. The fourth-order valence-electron chi connectivity index (χ4n) is 2.05. The van der Waals surface area contributed by atoms with E-state index >= 15 is 0 Å². The number of hydrogen-bond acceptors (Lipinski definition) is 3. The molecule has 3 heteroatoms. The molecule has 0 aliphatic heterocycles. The largest absolute Gasteiger partial charge is 0.459 e. The van der Waals surface area contributed by atoms with Crippen LogP contribution in [0.2, 0.25) is 0 Å². The van der Waals surface area contributed by atoms with Crippen molar-refractivity contribution in [3.05, 3.63) is 0 Å². The van der Waals surface area contributed by atoms with Gasteiger partial charge >= 0.3 is 5.97 Å². The van der Waals surface area contributed by atoms with Gasteiger partial charge in [-0.3, -0.25) is 4.79 Å². The van der Waals surface area contributed by atoms with Crippen molar-refractivity contribution in [2.24, 2.45) is 5.92 Å². The minimum Gasteiger partial charge on any atom is -0.459 e. The van der Waals surface area contributed by atoms with Gasteiger partial charge in [0.2, 0.25) is 0 Å². The fourth-order valence-corrected chi connectivity index (χ4v) is 2.05. The first-order valence-corrected chi connectivity index (χ1v) is 7.14. The Kier molecular flexibility index (Phi) is 7.53. The molecule has 18 heavy (non-hydrogen) atoms. The molecule has 0 radical (unpaired) electrons. The van der Waals surface area contributed by atoms with E-state index in [-0.39, 0.29) is 12.0 Å². The average Bonchev–Trinajstić information content (AvgIpc) is 2.12. The van der Waals surface area contributed by atoms with Crippen LogP contribution in [0, 0.1) is 5.92 Å². The van der Waals surface area contributed by atoms with Crippen molar-refractivity contribution >= 4 is 5.97 Å². The van der Waals surface area contributed by atoms with Crippen LogP contribution in [0.4, 0.5) is 0 Å². The van der Waals surface area contributed by atoms with Crippen LogP contribution in [0.15, 0.2) is 0 Å². The van der Waals surface area contributed by atoms with Gasteiger partial charge in [0, 0.05) is 6.04 Å². The van der Waals surface area contributed by atoms with Gasteiger partial charge in [-0.25, -0.2) is 0 Å². The van der Waals surface area contributed by atoms with Crippen LogP contribution in [-0.4, -0.2) is 23.7 Å². The van der Waals surface area contributed by atoms with Gasteiger partial charge in [-0.1, -0.05) is 27.2 Å². The standard InChI is InChI=1S/C15H31NO2/c1-8-9-13(14(17)18-15(5,6)7)16-12(4)10-11(2)3/h11-13,16H,8-10H2,1-7H3/t12-,13+/m0/s1. The number of carbonyl (C=O) groups excluding carboxylic acids is 1. The molecule has 0 saturated carbocycles. The number of nitrogens with one attached hydrogen (secondary N) is 1. The zero-order chi connectivity index (χ0) is 14.3.